The van der Waals surface area contributed by atoms with E-state index in [-0.39, 0.29) is 29.1 Å². The van der Waals surface area contributed by atoms with Gasteiger partial charge in [-0.05, 0) is 45.1 Å². The number of benzene rings is 2. The number of methoxy groups -OCH3 is 5. The minimum Gasteiger partial charge on any atom is -0.496 e. The molecule has 2 aromatic carbocycles. The predicted octanol–water partition coefficient (Wildman–Crippen LogP) is 3.52. The van der Waals surface area contributed by atoms with Crippen molar-refractivity contribution in [2.24, 2.45) is 0 Å². The SMILES string of the molecule is COc1cc(OC)c2c(=O)c(OCN(C)C3CCNCC3)c(-c3cc(OC)c(OC)c(OC)c3)oc2c1. The first-order valence-corrected chi connectivity index (χ1v) is 12.0. The minimum absolute atomic E-state index is 0.0611. The van der Waals surface area contributed by atoms with Gasteiger partial charge in [0, 0.05) is 23.7 Å². The van der Waals surface area contributed by atoms with Crippen LogP contribution in [0.2, 0.25) is 0 Å². The third kappa shape index (κ3) is 5.26. The van der Waals surface area contributed by atoms with Crippen LogP contribution in [-0.2, 0) is 0 Å². The highest BCUT2D eigenvalue weighted by atomic mass is 16.5. The molecule has 0 unspecified atom stereocenters. The Balaban J connectivity index is 1.90. The summed E-state index contributed by atoms with van der Waals surface area (Å²) in [5, 5.41) is 3.63. The number of rotatable bonds is 10. The Morgan fingerprint density at radius 1 is 0.865 bits per heavy atom. The van der Waals surface area contributed by atoms with E-state index < -0.39 is 0 Å². The third-order valence-electron chi connectivity index (χ3n) is 6.62. The van der Waals surface area contributed by atoms with Crippen molar-refractivity contribution in [1.82, 2.24) is 10.2 Å². The molecule has 37 heavy (non-hydrogen) atoms. The highest BCUT2D eigenvalue weighted by Gasteiger charge is 2.25. The summed E-state index contributed by atoms with van der Waals surface area (Å²) in [5.41, 5.74) is 0.460. The number of hydrogen-bond acceptors (Lipinski definition) is 10. The summed E-state index contributed by atoms with van der Waals surface area (Å²) in [7, 11) is 9.60. The smallest absolute Gasteiger partial charge is 0.239 e. The van der Waals surface area contributed by atoms with Crippen LogP contribution in [-0.4, -0.2) is 73.4 Å². The second-order valence-corrected chi connectivity index (χ2v) is 8.72. The Kier molecular flexibility index (Phi) is 8.30. The zero-order valence-corrected chi connectivity index (χ0v) is 22.1. The number of piperidine rings is 1. The first kappa shape index (κ1) is 26.4. The zero-order chi connectivity index (χ0) is 26.5. The Labute approximate surface area is 216 Å². The topological polar surface area (TPSA) is 101 Å². The molecule has 0 radical (unpaired) electrons. The molecule has 1 aromatic heterocycles. The van der Waals surface area contributed by atoms with E-state index in [1.807, 2.05) is 7.05 Å². The lowest BCUT2D eigenvalue weighted by molar-refractivity contribution is 0.0931. The average molecular weight is 515 g/mol. The molecule has 2 heterocycles. The largest absolute Gasteiger partial charge is 0.496 e. The Bertz CT molecular complexity index is 1270. The van der Waals surface area contributed by atoms with Crippen LogP contribution < -0.4 is 39.2 Å². The molecule has 10 heteroatoms. The Morgan fingerprint density at radius 3 is 2.08 bits per heavy atom. The molecule has 0 aliphatic carbocycles. The number of nitrogens with zero attached hydrogens (tertiary/aromatic N) is 1. The van der Waals surface area contributed by atoms with Crippen LogP contribution in [0.3, 0.4) is 0 Å². The molecule has 0 atom stereocenters. The van der Waals surface area contributed by atoms with Crippen LogP contribution in [0.5, 0.6) is 34.5 Å². The van der Waals surface area contributed by atoms with E-state index >= 15 is 0 Å². The fourth-order valence-electron chi connectivity index (χ4n) is 4.57. The molecular formula is C27H34N2O8. The summed E-state index contributed by atoms with van der Waals surface area (Å²) in [6.45, 7) is 2.10. The van der Waals surface area contributed by atoms with Crippen molar-refractivity contribution in [3.05, 3.63) is 34.5 Å². The molecule has 4 rings (SSSR count). The molecule has 3 aromatic rings. The lowest BCUT2D eigenvalue weighted by atomic mass is 10.1. The van der Waals surface area contributed by atoms with E-state index in [4.69, 9.17) is 32.8 Å². The van der Waals surface area contributed by atoms with Crippen LogP contribution in [0, 0.1) is 0 Å². The van der Waals surface area contributed by atoms with Gasteiger partial charge in [0.25, 0.3) is 0 Å². The van der Waals surface area contributed by atoms with Crippen molar-refractivity contribution >= 4 is 11.0 Å². The maximum absolute atomic E-state index is 13.9. The van der Waals surface area contributed by atoms with Gasteiger partial charge in [0.05, 0.1) is 35.5 Å². The van der Waals surface area contributed by atoms with Gasteiger partial charge in [-0.1, -0.05) is 0 Å². The van der Waals surface area contributed by atoms with E-state index in [2.05, 4.69) is 10.2 Å². The molecule has 1 saturated heterocycles. The molecule has 0 amide bonds. The minimum atomic E-state index is -0.358. The van der Waals surface area contributed by atoms with Gasteiger partial charge in [0.1, 0.15) is 29.2 Å². The highest BCUT2D eigenvalue weighted by molar-refractivity contribution is 5.89. The van der Waals surface area contributed by atoms with Gasteiger partial charge in [0.2, 0.25) is 16.9 Å². The van der Waals surface area contributed by atoms with E-state index in [9.17, 15) is 4.79 Å². The third-order valence-corrected chi connectivity index (χ3v) is 6.62. The van der Waals surface area contributed by atoms with Crippen molar-refractivity contribution in [2.75, 3.05) is 62.4 Å². The summed E-state index contributed by atoms with van der Waals surface area (Å²) in [6.07, 6.45) is 2.00. The fraction of sp³-hybridized carbons (Fsp3) is 0.444. The molecule has 200 valence electrons. The second kappa shape index (κ2) is 11.6. The zero-order valence-electron chi connectivity index (χ0n) is 22.1. The van der Waals surface area contributed by atoms with E-state index in [1.165, 1.54) is 35.5 Å². The first-order chi connectivity index (χ1) is 17.9. The fourth-order valence-corrected chi connectivity index (χ4v) is 4.57. The second-order valence-electron chi connectivity index (χ2n) is 8.72. The molecule has 1 aliphatic rings. The molecule has 1 N–H and O–H groups in total. The average Bonchev–Trinajstić information content (AvgIpc) is 2.95. The summed E-state index contributed by atoms with van der Waals surface area (Å²) >= 11 is 0. The summed E-state index contributed by atoms with van der Waals surface area (Å²) in [5.74, 6) is 2.37. The van der Waals surface area contributed by atoms with Crippen molar-refractivity contribution < 1.29 is 32.8 Å². The van der Waals surface area contributed by atoms with Crippen molar-refractivity contribution in [3.8, 4) is 45.8 Å². The highest BCUT2D eigenvalue weighted by Crippen LogP contribution is 2.44. The van der Waals surface area contributed by atoms with Crippen LogP contribution in [0.1, 0.15) is 12.8 Å². The molecule has 10 nitrogen and oxygen atoms in total. The van der Waals surface area contributed by atoms with Crippen LogP contribution >= 0.6 is 0 Å². The number of hydrogen-bond donors (Lipinski definition) is 1. The van der Waals surface area contributed by atoms with Gasteiger partial charge in [-0.3, -0.25) is 9.69 Å². The van der Waals surface area contributed by atoms with Gasteiger partial charge in [-0.15, -0.1) is 0 Å². The molecular weight excluding hydrogens is 480 g/mol. The summed E-state index contributed by atoms with van der Waals surface area (Å²) in [6, 6.07) is 7.06. The number of ether oxygens (including phenoxy) is 6. The lowest BCUT2D eigenvalue weighted by Gasteiger charge is -2.31. The lowest BCUT2D eigenvalue weighted by Crippen LogP contribution is -2.42. The van der Waals surface area contributed by atoms with Crippen molar-refractivity contribution in [1.29, 1.82) is 0 Å². The van der Waals surface area contributed by atoms with E-state index in [0.29, 0.717) is 45.9 Å². The standard InChI is InChI=1S/C27H34N2O8/c1-29(17-7-9-28-10-8-17)15-36-27-24(30)23-19(32-3)13-18(31-2)14-20(23)37-25(27)16-11-21(33-4)26(35-6)22(12-16)34-5/h11-14,17,28H,7-10,15H2,1-6H3. The van der Waals surface area contributed by atoms with Gasteiger partial charge in [-0.25, -0.2) is 0 Å². The maximum Gasteiger partial charge on any atom is 0.239 e. The normalized spacial score (nSPS) is 14.0. The molecule has 1 aliphatic heterocycles. The Hall–Kier alpha value is -3.63. The van der Waals surface area contributed by atoms with Crippen LogP contribution in [0.25, 0.3) is 22.3 Å². The monoisotopic (exact) mass is 514 g/mol. The van der Waals surface area contributed by atoms with Crippen LogP contribution in [0.15, 0.2) is 33.5 Å². The number of nitrogens with one attached hydrogen (secondary N) is 1. The van der Waals surface area contributed by atoms with E-state index in [0.717, 1.165) is 25.9 Å². The molecule has 0 spiro atoms. The first-order valence-electron chi connectivity index (χ1n) is 12.0. The van der Waals surface area contributed by atoms with Gasteiger partial charge < -0.3 is 38.2 Å². The molecule has 0 saturated carbocycles. The quantitative estimate of drug-likeness (QED) is 0.405. The predicted molar refractivity (Wildman–Crippen MR) is 140 cm³/mol. The van der Waals surface area contributed by atoms with Gasteiger partial charge >= 0.3 is 0 Å². The maximum atomic E-state index is 13.9. The van der Waals surface area contributed by atoms with Crippen molar-refractivity contribution in [2.45, 2.75) is 18.9 Å². The van der Waals surface area contributed by atoms with Crippen molar-refractivity contribution in [3.63, 3.8) is 0 Å². The summed E-state index contributed by atoms with van der Waals surface area (Å²) in [4.78, 5) is 16.0. The molecule has 0 bridgehead atoms. The van der Waals surface area contributed by atoms with E-state index in [1.54, 1.807) is 24.3 Å². The molecule has 1 fully saturated rings. The van der Waals surface area contributed by atoms with Crippen LogP contribution in [0.4, 0.5) is 0 Å². The number of fused-ring (bicyclic) bond motifs is 1. The van der Waals surface area contributed by atoms with Gasteiger partial charge in [0.15, 0.2) is 17.3 Å². The summed E-state index contributed by atoms with van der Waals surface area (Å²) < 4.78 is 39.9. The van der Waals surface area contributed by atoms with Gasteiger partial charge in [-0.2, -0.15) is 0 Å². The Morgan fingerprint density at radius 2 is 1.51 bits per heavy atom.